The van der Waals surface area contributed by atoms with Gasteiger partial charge in [0.1, 0.15) is 5.57 Å². The lowest BCUT2D eigenvalue weighted by Crippen LogP contribution is -2.54. The van der Waals surface area contributed by atoms with Crippen molar-refractivity contribution >= 4 is 68.4 Å². The van der Waals surface area contributed by atoms with Crippen LogP contribution in [0, 0.1) is 0 Å². The number of carbonyl (C=O) groups excluding carboxylic acids is 2. The monoisotopic (exact) mass is 466 g/mol. The van der Waals surface area contributed by atoms with Gasteiger partial charge in [-0.2, -0.15) is 0 Å². The van der Waals surface area contributed by atoms with Crippen LogP contribution in [0.2, 0.25) is 5.02 Å². The van der Waals surface area contributed by atoms with Crippen LogP contribution in [-0.2, 0) is 9.59 Å². The van der Waals surface area contributed by atoms with Crippen molar-refractivity contribution in [3.8, 4) is 11.5 Å². The van der Waals surface area contributed by atoms with E-state index in [1.807, 2.05) is 0 Å². The summed E-state index contributed by atoms with van der Waals surface area (Å²) in [7, 11) is 1.42. The summed E-state index contributed by atoms with van der Waals surface area (Å²) in [6.07, 6.45) is 1.37. The van der Waals surface area contributed by atoms with Crippen molar-refractivity contribution in [3.63, 3.8) is 0 Å². The van der Waals surface area contributed by atoms with Gasteiger partial charge in [0.05, 0.1) is 12.8 Å². The van der Waals surface area contributed by atoms with E-state index in [0.717, 1.165) is 0 Å². The fourth-order valence-electron chi connectivity index (χ4n) is 2.47. The highest BCUT2D eigenvalue weighted by atomic mass is 79.9. The molecule has 0 aliphatic carbocycles. The third-order valence-electron chi connectivity index (χ3n) is 3.78. The first kappa shape index (κ1) is 19.3. The number of aromatic hydroxyl groups is 1. The summed E-state index contributed by atoms with van der Waals surface area (Å²) in [5, 5.41) is 12.9. The predicted molar refractivity (Wildman–Crippen MR) is 110 cm³/mol. The zero-order valence-corrected chi connectivity index (χ0v) is 17.0. The van der Waals surface area contributed by atoms with Crippen LogP contribution >= 0.6 is 39.7 Å². The fourth-order valence-corrected chi connectivity index (χ4v) is 3.32. The summed E-state index contributed by atoms with van der Waals surface area (Å²) in [6.45, 7) is 0. The van der Waals surface area contributed by atoms with Crippen LogP contribution in [0.25, 0.3) is 6.08 Å². The minimum atomic E-state index is -0.627. The molecule has 0 aromatic heterocycles. The molecule has 138 valence electrons. The van der Waals surface area contributed by atoms with Gasteiger partial charge in [-0.05, 0) is 60.3 Å². The Balaban J connectivity index is 2.04. The maximum absolute atomic E-state index is 12.9. The van der Waals surface area contributed by atoms with Gasteiger partial charge < -0.3 is 9.84 Å². The second kappa shape index (κ2) is 7.67. The standard InChI is InChI=1S/C18H12BrClN2O4S/c1-26-15-8-13(19)9(7-14(15)23)6-12-16(24)21-18(27)22(17(12)25)11-4-2-10(20)3-5-11/h2-8,23H,1H3,(H,21,24,27)/b12-6+. The number of thiocarbonyl (C=S) groups is 1. The molecule has 2 N–H and O–H groups in total. The van der Waals surface area contributed by atoms with Crippen molar-refractivity contribution in [2.24, 2.45) is 0 Å². The molecular formula is C18H12BrClN2O4S. The van der Waals surface area contributed by atoms with Crippen molar-refractivity contribution in [1.29, 1.82) is 0 Å². The van der Waals surface area contributed by atoms with Gasteiger partial charge in [-0.1, -0.05) is 27.5 Å². The minimum Gasteiger partial charge on any atom is -0.504 e. The molecule has 1 aliphatic heterocycles. The Morgan fingerprint density at radius 2 is 1.93 bits per heavy atom. The third kappa shape index (κ3) is 3.83. The van der Waals surface area contributed by atoms with Crippen molar-refractivity contribution in [2.75, 3.05) is 12.0 Å². The number of phenols is 1. The van der Waals surface area contributed by atoms with Crippen LogP contribution in [0.3, 0.4) is 0 Å². The molecule has 0 radical (unpaired) electrons. The van der Waals surface area contributed by atoms with Gasteiger partial charge in [0.2, 0.25) is 0 Å². The number of rotatable bonds is 3. The zero-order chi connectivity index (χ0) is 19.7. The van der Waals surface area contributed by atoms with Crippen molar-refractivity contribution in [1.82, 2.24) is 5.32 Å². The molecule has 2 amide bonds. The second-order valence-electron chi connectivity index (χ2n) is 5.48. The highest BCUT2D eigenvalue weighted by Crippen LogP contribution is 2.34. The highest BCUT2D eigenvalue weighted by Gasteiger charge is 2.34. The van der Waals surface area contributed by atoms with Crippen molar-refractivity contribution < 1.29 is 19.4 Å². The molecule has 1 heterocycles. The number of nitrogens with one attached hydrogen (secondary N) is 1. The number of hydrogen-bond donors (Lipinski definition) is 2. The lowest BCUT2D eigenvalue weighted by Gasteiger charge is -2.29. The summed E-state index contributed by atoms with van der Waals surface area (Å²) >= 11 is 14.4. The number of methoxy groups -OCH3 is 1. The maximum Gasteiger partial charge on any atom is 0.270 e. The van der Waals surface area contributed by atoms with E-state index in [2.05, 4.69) is 21.2 Å². The van der Waals surface area contributed by atoms with Crippen LogP contribution in [0.15, 0.2) is 46.4 Å². The Morgan fingerprint density at radius 1 is 1.26 bits per heavy atom. The van der Waals surface area contributed by atoms with Crippen molar-refractivity contribution in [3.05, 3.63) is 57.0 Å². The first-order valence-electron chi connectivity index (χ1n) is 7.55. The van der Waals surface area contributed by atoms with Gasteiger partial charge in [0.25, 0.3) is 11.8 Å². The average Bonchev–Trinajstić information content (AvgIpc) is 2.62. The van der Waals surface area contributed by atoms with E-state index >= 15 is 0 Å². The molecule has 9 heteroatoms. The number of ether oxygens (including phenoxy) is 1. The SMILES string of the molecule is COc1cc(Br)c(/C=C2\C(=O)NC(=S)N(c3ccc(Cl)cc3)C2=O)cc1O. The van der Waals surface area contributed by atoms with E-state index in [9.17, 15) is 14.7 Å². The molecule has 0 bridgehead atoms. The number of benzene rings is 2. The smallest absolute Gasteiger partial charge is 0.270 e. The van der Waals surface area contributed by atoms with Crippen molar-refractivity contribution in [2.45, 2.75) is 0 Å². The second-order valence-corrected chi connectivity index (χ2v) is 7.16. The van der Waals surface area contributed by atoms with Gasteiger partial charge in [-0.15, -0.1) is 0 Å². The molecule has 3 rings (SSSR count). The molecule has 0 spiro atoms. The summed E-state index contributed by atoms with van der Waals surface area (Å²) in [5.74, 6) is -1.08. The lowest BCUT2D eigenvalue weighted by atomic mass is 10.1. The Bertz CT molecular complexity index is 992. The van der Waals surface area contributed by atoms with Crippen LogP contribution in [0.4, 0.5) is 5.69 Å². The molecule has 1 aliphatic rings. The van der Waals surface area contributed by atoms with Crippen LogP contribution in [0.5, 0.6) is 11.5 Å². The Morgan fingerprint density at radius 3 is 2.56 bits per heavy atom. The summed E-state index contributed by atoms with van der Waals surface area (Å²) in [5.41, 5.74) is 0.761. The van der Waals surface area contributed by atoms with E-state index < -0.39 is 11.8 Å². The lowest BCUT2D eigenvalue weighted by molar-refractivity contribution is -0.122. The average molecular weight is 468 g/mol. The first-order valence-corrected chi connectivity index (χ1v) is 9.13. The molecule has 0 unspecified atom stereocenters. The van der Waals surface area contributed by atoms with Crippen LogP contribution in [-0.4, -0.2) is 29.1 Å². The number of nitrogens with zero attached hydrogens (tertiary/aromatic N) is 1. The van der Waals surface area contributed by atoms with Gasteiger partial charge in [0.15, 0.2) is 16.6 Å². The predicted octanol–water partition coefficient (Wildman–Crippen LogP) is 3.65. The number of phenolic OH excluding ortho intramolecular Hbond substituents is 1. The van der Waals surface area contributed by atoms with Gasteiger partial charge in [-0.25, -0.2) is 0 Å². The topological polar surface area (TPSA) is 78.9 Å². The third-order valence-corrected chi connectivity index (χ3v) is 5.01. The largest absolute Gasteiger partial charge is 0.504 e. The number of amides is 2. The van der Waals surface area contributed by atoms with Gasteiger partial charge in [-0.3, -0.25) is 19.8 Å². The Labute approximate surface area is 173 Å². The maximum atomic E-state index is 12.9. The molecular weight excluding hydrogens is 456 g/mol. The van der Waals surface area contributed by atoms with E-state index in [1.165, 1.54) is 30.2 Å². The molecule has 0 atom stereocenters. The molecule has 2 aromatic rings. The normalized spacial score (nSPS) is 15.9. The van der Waals surface area contributed by atoms with E-state index in [4.69, 9.17) is 28.6 Å². The number of anilines is 1. The summed E-state index contributed by atoms with van der Waals surface area (Å²) < 4.78 is 5.57. The fraction of sp³-hybridized carbons (Fsp3) is 0.0556. The molecule has 6 nitrogen and oxygen atoms in total. The molecule has 2 aromatic carbocycles. The van der Waals surface area contributed by atoms with E-state index in [-0.39, 0.29) is 22.2 Å². The van der Waals surface area contributed by atoms with E-state index in [0.29, 0.717) is 20.7 Å². The summed E-state index contributed by atoms with van der Waals surface area (Å²) in [4.78, 5) is 26.5. The Hall–Kier alpha value is -2.42. The van der Waals surface area contributed by atoms with E-state index in [1.54, 1.807) is 24.3 Å². The molecule has 1 saturated heterocycles. The molecule has 0 saturated carbocycles. The van der Waals surface area contributed by atoms with Crippen LogP contribution in [0.1, 0.15) is 5.56 Å². The first-order chi connectivity index (χ1) is 12.8. The zero-order valence-electron chi connectivity index (χ0n) is 13.8. The van der Waals surface area contributed by atoms with Gasteiger partial charge in [0, 0.05) is 9.50 Å². The number of halogens is 2. The quantitative estimate of drug-likeness (QED) is 0.409. The van der Waals surface area contributed by atoms with Gasteiger partial charge >= 0.3 is 0 Å². The molecule has 27 heavy (non-hydrogen) atoms. The molecule has 1 fully saturated rings. The number of carbonyl (C=O) groups is 2. The highest BCUT2D eigenvalue weighted by molar-refractivity contribution is 9.10. The summed E-state index contributed by atoms with van der Waals surface area (Å²) in [6, 6.07) is 9.40. The minimum absolute atomic E-state index is 0.0267. The Kier molecular flexibility index (Phi) is 5.50. The van der Waals surface area contributed by atoms with Crippen LogP contribution < -0.4 is 15.0 Å². The number of hydrogen-bond acceptors (Lipinski definition) is 5.